The molecule has 1 atom stereocenters. The van der Waals surface area contributed by atoms with Gasteiger partial charge in [0, 0.05) is 48.3 Å². The zero-order valence-corrected chi connectivity index (χ0v) is 23.3. The number of aryl methyl sites for hydroxylation is 1. The lowest BCUT2D eigenvalue weighted by Gasteiger charge is -2.42. The van der Waals surface area contributed by atoms with E-state index in [0.29, 0.717) is 31.6 Å². The molecule has 3 aromatic carbocycles. The van der Waals surface area contributed by atoms with E-state index in [2.05, 4.69) is 16.0 Å². The van der Waals surface area contributed by atoms with Crippen molar-refractivity contribution < 1.29 is 31.1 Å². The van der Waals surface area contributed by atoms with Crippen LogP contribution in [0.3, 0.4) is 0 Å². The highest BCUT2D eigenvalue weighted by molar-refractivity contribution is 5.95. The summed E-state index contributed by atoms with van der Waals surface area (Å²) in [4.78, 5) is 20.4. The standard InChI is InChI=1S/C31H29F6N3O.ClH/c32-30(33,34)24-16-23(17-25(18-24)31(35,36)37)29(41)40-14-13-39(20-26(40)15-21-7-2-1-3-8-21)12-6-9-22-19-38-28-11-5-4-10-27(22)28;/h1-5,7-8,10-11,16-19,26,38H,6,9,12-15,20H2;1H/t26-;/m1./s1. The molecular formula is C31H30ClF6N3O. The van der Waals surface area contributed by atoms with Crippen LogP contribution in [0.1, 0.15) is 39.0 Å². The van der Waals surface area contributed by atoms with Crippen LogP contribution in [-0.2, 0) is 25.2 Å². The quantitative estimate of drug-likeness (QED) is 0.219. The molecule has 1 aliphatic heterocycles. The summed E-state index contributed by atoms with van der Waals surface area (Å²) in [7, 11) is 0. The average molecular weight is 610 g/mol. The van der Waals surface area contributed by atoms with E-state index in [0.717, 1.165) is 30.5 Å². The molecule has 1 saturated heterocycles. The monoisotopic (exact) mass is 609 g/mol. The summed E-state index contributed by atoms with van der Waals surface area (Å²) in [5.74, 6) is -0.832. The Morgan fingerprint density at radius 3 is 2.17 bits per heavy atom. The first-order chi connectivity index (χ1) is 19.5. The third-order valence-electron chi connectivity index (χ3n) is 7.57. The summed E-state index contributed by atoms with van der Waals surface area (Å²) in [6.45, 7) is 1.87. The molecule has 224 valence electrons. The molecule has 1 fully saturated rings. The molecule has 0 unspecified atom stereocenters. The van der Waals surface area contributed by atoms with Crippen LogP contribution in [0, 0.1) is 0 Å². The van der Waals surface area contributed by atoms with Crippen LogP contribution in [0.2, 0.25) is 0 Å². The number of H-pyrrole nitrogens is 1. The lowest BCUT2D eigenvalue weighted by Crippen LogP contribution is -2.56. The van der Waals surface area contributed by atoms with Gasteiger partial charge in [0.25, 0.3) is 5.91 Å². The van der Waals surface area contributed by atoms with Crippen LogP contribution in [0.15, 0.2) is 79.0 Å². The molecule has 42 heavy (non-hydrogen) atoms. The highest BCUT2D eigenvalue weighted by Crippen LogP contribution is 2.37. The number of aromatic amines is 1. The summed E-state index contributed by atoms with van der Waals surface area (Å²) < 4.78 is 80.8. The minimum atomic E-state index is -5.02. The molecule has 1 amide bonds. The van der Waals surface area contributed by atoms with Gasteiger partial charge in [-0.1, -0.05) is 48.5 Å². The van der Waals surface area contributed by atoms with Crippen molar-refractivity contribution in [2.75, 3.05) is 26.2 Å². The van der Waals surface area contributed by atoms with Crippen molar-refractivity contribution in [3.63, 3.8) is 0 Å². The Bertz CT molecular complexity index is 1470. The first-order valence-corrected chi connectivity index (χ1v) is 13.4. The Morgan fingerprint density at radius 2 is 1.50 bits per heavy atom. The fraction of sp³-hybridized carbons (Fsp3) is 0.323. The highest BCUT2D eigenvalue weighted by atomic mass is 35.5. The predicted octanol–water partition coefficient (Wildman–Crippen LogP) is 7.63. The zero-order valence-electron chi connectivity index (χ0n) is 22.5. The van der Waals surface area contributed by atoms with E-state index >= 15 is 0 Å². The van der Waals surface area contributed by atoms with Crippen molar-refractivity contribution in [2.24, 2.45) is 0 Å². The number of nitrogens with zero attached hydrogens (tertiary/aromatic N) is 2. The van der Waals surface area contributed by atoms with Gasteiger partial charge in [-0.25, -0.2) is 0 Å². The number of alkyl halides is 6. The van der Waals surface area contributed by atoms with Gasteiger partial charge in [0.05, 0.1) is 11.1 Å². The van der Waals surface area contributed by atoms with E-state index < -0.39 is 41.0 Å². The number of hydrogen-bond acceptors (Lipinski definition) is 2. The van der Waals surface area contributed by atoms with Crippen molar-refractivity contribution >= 4 is 29.2 Å². The maximum Gasteiger partial charge on any atom is 0.416 e. The first kappa shape index (κ1) is 31.4. The molecule has 0 saturated carbocycles. The molecule has 4 aromatic rings. The second-order valence-corrected chi connectivity index (χ2v) is 10.4. The third-order valence-corrected chi connectivity index (χ3v) is 7.57. The molecule has 1 aromatic heterocycles. The second kappa shape index (κ2) is 12.8. The topological polar surface area (TPSA) is 39.3 Å². The van der Waals surface area contributed by atoms with Gasteiger partial charge in [0.15, 0.2) is 0 Å². The van der Waals surface area contributed by atoms with Crippen LogP contribution in [-0.4, -0.2) is 52.9 Å². The molecule has 2 heterocycles. The number of carbonyl (C=O) groups excluding carboxylic acids is 1. The number of para-hydroxylation sites is 1. The highest BCUT2D eigenvalue weighted by Gasteiger charge is 2.39. The number of piperazine rings is 1. The van der Waals surface area contributed by atoms with Crippen LogP contribution in [0.25, 0.3) is 10.9 Å². The lowest BCUT2D eigenvalue weighted by molar-refractivity contribution is -0.143. The normalized spacial score (nSPS) is 16.4. The number of fused-ring (bicyclic) bond motifs is 1. The number of aromatic nitrogens is 1. The molecule has 1 aliphatic rings. The Balaban J connectivity index is 0.00000405. The summed E-state index contributed by atoms with van der Waals surface area (Å²) in [6.07, 6.45) is -5.92. The van der Waals surface area contributed by atoms with Gasteiger partial charge in [-0.05, 0) is 61.2 Å². The number of carbonyl (C=O) groups is 1. The van der Waals surface area contributed by atoms with Crippen LogP contribution < -0.4 is 0 Å². The van der Waals surface area contributed by atoms with E-state index in [9.17, 15) is 31.1 Å². The van der Waals surface area contributed by atoms with Crippen molar-refractivity contribution in [3.8, 4) is 0 Å². The van der Waals surface area contributed by atoms with Gasteiger partial charge in [0.1, 0.15) is 0 Å². The molecule has 11 heteroatoms. The fourth-order valence-electron chi connectivity index (χ4n) is 5.53. The van der Waals surface area contributed by atoms with E-state index in [-0.39, 0.29) is 25.0 Å². The summed E-state index contributed by atoms with van der Waals surface area (Å²) in [6, 6.07) is 18.1. The molecule has 4 nitrogen and oxygen atoms in total. The molecule has 0 radical (unpaired) electrons. The lowest BCUT2D eigenvalue weighted by atomic mass is 9.99. The molecule has 5 rings (SSSR count). The van der Waals surface area contributed by atoms with Crippen LogP contribution in [0.4, 0.5) is 26.3 Å². The van der Waals surface area contributed by atoms with Gasteiger partial charge in [-0.2, -0.15) is 26.3 Å². The van der Waals surface area contributed by atoms with Gasteiger partial charge < -0.3 is 9.88 Å². The maximum absolute atomic E-state index is 13.5. The van der Waals surface area contributed by atoms with E-state index in [1.165, 1.54) is 15.8 Å². The first-order valence-electron chi connectivity index (χ1n) is 13.4. The number of rotatable bonds is 7. The summed E-state index contributed by atoms with van der Waals surface area (Å²) in [5, 5.41) is 1.17. The number of nitrogens with one attached hydrogen (secondary N) is 1. The average Bonchev–Trinajstić information content (AvgIpc) is 3.35. The number of halogens is 7. The van der Waals surface area contributed by atoms with E-state index in [1.807, 2.05) is 54.7 Å². The van der Waals surface area contributed by atoms with Crippen molar-refractivity contribution in [1.29, 1.82) is 0 Å². The maximum atomic E-state index is 13.5. The van der Waals surface area contributed by atoms with Gasteiger partial charge in [-0.3, -0.25) is 9.69 Å². The van der Waals surface area contributed by atoms with Crippen molar-refractivity contribution in [1.82, 2.24) is 14.8 Å². The van der Waals surface area contributed by atoms with Crippen molar-refractivity contribution in [3.05, 3.63) is 107 Å². The van der Waals surface area contributed by atoms with Crippen LogP contribution in [0.5, 0.6) is 0 Å². The third kappa shape index (κ3) is 7.28. The zero-order chi connectivity index (χ0) is 29.2. The minimum absolute atomic E-state index is 0. The number of amides is 1. The Hall–Kier alpha value is -3.50. The minimum Gasteiger partial charge on any atom is -0.361 e. The van der Waals surface area contributed by atoms with Gasteiger partial charge in [0.2, 0.25) is 0 Å². The van der Waals surface area contributed by atoms with E-state index in [4.69, 9.17) is 0 Å². The Kier molecular flexibility index (Phi) is 9.57. The van der Waals surface area contributed by atoms with Gasteiger partial charge in [-0.15, -0.1) is 12.4 Å². The van der Waals surface area contributed by atoms with Crippen LogP contribution >= 0.6 is 12.4 Å². The molecular weight excluding hydrogens is 580 g/mol. The van der Waals surface area contributed by atoms with Gasteiger partial charge >= 0.3 is 12.4 Å². The SMILES string of the molecule is Cl.O=C(c1cc(C(F)(F)F)cc(C(F)(F)F)c1)N1CCN(CCCc2c[nH]c3ccccc23)C[C@H]1Cc1ccccc1. The fourth-order valence-corrected chi connectivity index (χ4v) is 5.53. The second-order valence-electron chi connectivity index (χ2n) is 10.4. The largest absolute Gasteiger partial charge is 0.416 e. The Labute approximate surface area is 245 Å². The molecule has 0 bridgehead atoms. The predicted molar refractivity (Wildman–Crippen MR) is 152 cm³/mol. The molecule has 0 spiro atoms. The molecule has 1 N–H and O–H groups in total. The molecule has 0 aliphatic carbocycles. The Morgan fingerprint density at radius 1 is 0.857 bits per heavy atom. The summed E-state index contributed by atoms with van der Waals surface area (Å²) in [5.41, 5.74) is -0.396. The smallest absolute Gasteiger partial charge is 0.361 e. The summed E-state index contributed by atoms with van der Waals surface area (Å²) >= 11 is 0. The van der Waals surface area contributed by atoms with Crippen molar-refractivity contribution in [2.45, 2.75) is 37.7 Å². The van der Waals surface area contributed by atoms with E-state index in [1.54, 1.807) is 0 Å². The number of benzene rings is 3. The number of hydrogen-bond donors (Lipinski definition) is 1.